The van der Waals surface area contributed by atoms with Crippen LogP contribution in [-0.2, 0) is 12.8 Å². The topological polar surface area (TPSA) is 38.0 Å². The summed E-state index contributed by atoms with van der Waals surface area (Å²) < 4.78 is 0. The molecular formula is C16H18N2. The second-order valence-corrected chi connectivity index (χ2v) is 5.00. The molecule has 2 heteroatoms. The lowest BCUT2D eigenvalue weighted by Gasteiger charge is -2.13. The maximum Gasteiger partial charge on any atom is 0.0647 e. The van der Waals surface area contributed by atoms with E-state index >= 15 is 0 Å². The van der Waals surface area contributed by atoms with E-state index in [-0.39, 0.29) is 0 Å². The molecule has 3 rings (SSSR count). The van der Waals surface area contributed by atoms with Crippen molar-refractivity contribution in [1.82, 2.24) is 0 Å². The number of nitrogens with two attached hydrogens (primary N) is 1. The van der Waals surface area contributed by atoms with Crippen molar-refractivity contribution in [3.8, 4) is 0 Å². The summed E-state index contributed by atoms with van der Waals surface area (Å²) in [6.07, 6.45) is 3.71. The highest BCUT2D eigenvalue weighted by molar-refractivity contribution is 5.76. The number of hydrogen-bond donors (Lipinski definition) is 2. The van der Waals surface area contributed by atoms with Gasteiger partial charge in [0, 0.05) is 5.69 Å². The van der Waals surface area contributed by atoms with E-state index in [0.717, 1.165) is 17.1 Å². The van der Waals surface area contributed by atoms with Gasteiger partial charge in [-0.3, -0.25) is 0 Å². The van der Waals surface area contributed by atoms with Crippen molar-refractivity contribution < 1.29 is 0 Å². The molecule has 0 saturated carbocycles. The number of fused-ring (bicyclic) bond motifs is 1. The molecule has 0 bridgehead atoms. The molecule has 2 nitrogen and oxygen atoms in total. The maximum atomic E-state index is 6.02. The Morgan fingerprint density at radius 2 is 1.89 bits per heavy atom. The van der Waals surface area contributed by atoms with E-state index in [0.29, 0.717) is 0 Å². The van der Waals surface area contributed by atoms with Gasteiger partial charge in [-0.2, -0.15) is 0 Å². The van der Waals surface area contributed by atoms with Crippen LogP contribution in [0.3, 0.4) is 0 Å². The SMILES string of the molecule is Cc1cccc(N)c1Nc1ccc2c(c1)CCC2. The molecule has 0 heterocycles. The Morgan fingerprint density at radius 1 is 1.06 bits per heavy atom. The fourth-order valence-electron chi connectivity index (χ4n) is 2.66. The lowest BCUT2D eigenvalue weighted by molar-refractivity contribution is 0.912. The number of benzene rings is 2. The van der Waals surface area contributed by atoms with Gasteiger partial charge in [0.05, 0.1) is 11.4 Å². The van der Waals surface area contributed by atoms with E-state index in [1.54, 1.807) is 0 Å². The van der Waals surface area contributed by atoms with Crippen LogP contribution in [0.25, 0.3) is 0 Å². The van der Waals surface area contributed by atoms with Crippen LogP contribution < -0.4 is 11.1 Å². The number of aryl methyl sites for hydroxylation is 3. The first kappa shape index (κ1) is 11.1. The highest BCUT2D eigenvalue weighted by atomic mass is 14.9. The summed E-state index contributed by atoms with van der Waals surface area (Å²) in [6.45, 7) is 2.08. The quantitative estimate of drug-likeness (QED) is 0.781. The van der Waals surface area contributed by atoms with Gasteiger partial charge in [0.15, 0.2) is 0 Å². The van der Waals surface area contributed by atoms with E-state index in [4.69, 9.17) is 5.73 Å². The van der Waals surface area contributed by atoms with Crippen molar-refractivity contribution >= 4 is 17.1 Å². The number of rotatable bonds is 2. The predicted octanol–water partition coefficient (Wildman–Crippen LogP) is 3.81. The number of nitrogen functional groups attached to an aromatic ring is 1. The van der Waals surface area contributed by atoms with Crippen molar-refractivity contribution in [3.05, 3.63) is 53.1 Å². The highest BCUT2D eigenvalue weighted by Gasteiger charge is 2.11. The second kappa shape index (κ2) is 4.37. The molecule has 0 saturated heterocycles. The van der Waals surface area contributed by atoms with Crippen molar-refractivity contribution in [2.75, 3.05) is 11.1 Å². The van der Waals surface area contributed by atoms with Crippen molar-refractivity contribution in [1.29, 1.82) is 0 Å². The van der Waals surface area contributed by atoms with Gasteiger partial charge in [-0.15, -0.1) is 0 Å². The van der Waals surface area contributed by atoms with Gasteiger partial charge < -0.3 is 11.1 Å². The Hall–Kier alpha value is -1.96. The molecule has 2 aromatic carbocycles. The fourth-order valence-corrected chi connectivity index (χ4v) is 2.66. The summed E-state index contributed by atoms with van der Waals surface area (Å²) in [4.78, 5) is 0. The predicted molar refractivity (Wildman–Crippen MR) is 77.3 cm³/mol. The third-order valence-electron chi connectivity index (χ3n) is 3.67. The van der Waals surface area contributed by atoms with E-state index in [2.05, 4.69) is 36.5 Å². The molecule has 0 radical (unpaired) electrons. The zero-order valence-corrected chi connectivity index (χ0v) is 10.7. The molecule has 0 atom stereocenters. The van der Waals surface area contributed by atoms with Crippen LogP contribution in [0.4, 0.5) is 17.1 Å². The van der Waals surface area contributed by atoms with Crippen LogP contribution in [0.2, 0.25) is 0 Å². The Morgan fingerprint density at radius 3 is 2.72 bits per heavy atom. The van der Waals surface area contributed by atoms with Gasteiger partial charge in [-0.25, -0.2) is 0 Å². The molecule has 18 heavy (non-hydrogen) atoms. The lowest BCUT2D eigenvalue weighted by Crippen LogP contribution is -1.99. The van der Waals surface area contributed by atoms with Gasteiger partial charge in [-0.05, 0) is 61.1 Å². The fraction of sp³-hybridized carbons (Fsp3) is 0.250. The average Bonchev–Trinajstić information content (AvgIpc) is 2.81. The van der Waals surface area contributed by atoms with Gasteiger partial charge in [-0.1, -0.05) is 18.2 Å². The first-order chi connectivity index (χ1) is 8.74. The van der Waals surface area contributed by atoms with E-state index in [1.165, 1.54) is 36.0 Å². The molecule has 3 N–H and O–H groups in total. The molecule has 2 aromatic rings. The van der Waals surface area contributed by atoms with Crippen LogP contribution >= 0.6 is 0 Å². The van der Waals surface area contributed by atoms with Crippen LogP contribution in [0.1, 0.15) is 23.1 Å². The highest BCUT2D eigenvalue weighted by Crippen LogP contribution is 2.30. The zero-order chi connectivity index (χ0) is 12.5. The van der Waals surface area contributed by atoms with Crippen LogP contribution in [0, 0.1) is 6.92 Å². The summed E-state index contributed by atoms with van der Waals surface area (Å²) in [6, 6.07) is 12.6. The molecule has 0 aromatic heterocycles. The normalized spacial score (nSPS) is 13.4. The molecular weight excluding hydrogens is 220 g/mol. The molecule has 0 unspecified atom stereocenters. The zero-order valence-electron chi connectivity index (χ0n) is 10.7. The standard InChI is InChI=1S/C16H18N2/c1-11-4-2-7-15(17)16(11)18-14-9-8-12-5-3-6-13(12)10-14/h2,4,7-10,18H,3,5-6,17H2,1H3. The minimum Gasteiger partial charge on any atom is -0.397 e. The third-order valence-corrected chi connectivity index (χ3v) is 3.67. The van der Waals surface area contributed by atoms with Gasteiger partial charge >= 0.3 is 0 Å². The second-order valence-electron chi connectivity index (χ2n) is 5.00. The number of para-hydroxylation sites is 1. The third kappa shape index (κ3) is 1.94. The molecule has 0 aliphatic heterocycles. The molecule has 1 aliphatic rings. The van der Waals surface area contributed by atoms with Crippen LogP contribution in [-0.4, -0.2) is 0 Å². The summed E-state index contributed by atoms with van der Waals surface area (Å²) in [5, 5.41) is 3.45. The minimum atomic E-state index is 0.801. The Labute approximate surface area is 108 Å². The smallest absolute Gasteiger partial charge is 0.0647 e. The maximum absolute atomic E-state index is 6.02. The summed E-state index contributed by atoms with van der Waals surface area (Å²) >= 11 is 0. The monoisotopic (exact) mass is 238 g/mol. The largest absolute Gasteiger partial charge is 0.397 e. The first-order valence-corrected chi connectivity index (χ1v) is 6.48. The number of nitrogens with one attached hydrogen (secondary N) is 1. The summed E-state index contributed by atoms with van der Waals surface area (Å²) in [5.74, 6) is 0. The van der Waals surface area contributed by atoms with Gasteiger partial charge in [0.25, 0.3) is 0 Å². The summed E-state index contributed by atoms with van der Waals surface area (Å²) in [7, 11) is 0. The van der Waals surface area contributed by atoms with Crippen LogP contribution in [0.5, 0.6) is 0 Å². The molecule has 0 fully saturated rings. The first-order valence-electron chi connectivity index (χ1n) is 6.48. The Kier molecular flexibility index (Phi) is 2.71. The Balaban J connectivity index is 1.93. The van der Waals surface area contributed by atoms with Gasteiger partial charge in [0.1, 0.15) is 0 Å². The van der Waals surface area contributed by atoms with E-state index < -0.39 is 0 Å². The molecule has 92 valence electrons. The van der Waals surface area contributed by atoms with Crippen LogP contribution in [0.15, 0.2) is 36.4 Å². The van der Waals surface area contributed by atoms with E-state index in [1.807, 2.05) is 12.1 Å². The average molecular weight is 238 g/mol. The van der Waals surface area contributed by atoms with Crippen molar-refractivity contribution in [2.45, 2.75) is 26.2 Å². The Bertz CT molecular complexity index is 567. The number of hydrogen-bond acceptors (Lipinski definition) is 2. The lowest BCUT2D eigenvalue weighted by atomic mass is 10.1. The van der Waals surface area contributed by atoms with Crippen molar-refractivity contribution in [2.24, 2.45) is 0 Å². The number of anilines is 3. The summed E-state index contributed by atoms with van der Waals surface area (Å²) in [5.41, 5.74) is 13.1. The molecule has 0 amide bonds. The van der Waals surface area contributed by atoms with E-state index in [9.17, 15) is 0 Å². The molecule has 1 aliphatic carbocycles. The van der Waals surface area contributed by atoms with Crippen molar-refractivity contribution in [3.63, 3.8) is 0 Å². The van der Waals surface area contributed by atoms with Gasteiger partial charge in [0.2, 0.25) is 0 Å². The minimum absolute atomic E-state index is 0.801. The molecule has 0 spiro atoms.